The molecule has 23 heavy (non-hydrogen) atoms. The molecule has 1 amide bonds. The predicted octanol–water partition coefficient (Wildman–Crippen LogP) is 1.27. The maximum atomic E-state index is 11.1. The number of thiophene rings is 1. The summed E-state index contributed by atoms with van der Waals surface area (Å²) in [6.45, 7) is 1.20. The highest BCUT2D eigenvalue weighted by atomic mass is 32.2. The summed E-state index contributed by atoms with van der Waals surface area (Å²) in [6, 6.07) is 3.95. The van der Waals surface area contributed by atoms with Crippen LogP contribution in [0.25, 0.3) is 10.7 Å². The molecule has 8 nitrogen and oxygen atoms in total. The Morgan fingerprint density at radius 2 is 2.26 bits per heavy atom. The molecule has 0 spiro atoms. The zero-order valence-corrected chi connectivity index (χ0v) is 13.8. The summed E-state index contributed by atoms with van der Waals surface area (Å²) in [5.41, 5.74) is 5.28. The monoisotopic (exact) mass is 349 g/mol. The summed E-state index contributed by atoms with van der Waals surface area (Å²) in [4.78, 5) is 16.0. The molecule has 0 fully saturated rings. The van der Waals surface area contributed by atoms with Crippen LogP contribution in [-0.2, 0) is 17.9 Å². The Balaban J connectivity index is 1.74. The van der Waals surface area contributed by atoms with Gasteiger partial charge >= 0.3 is 0 Å². The number of aromatic nitrogens is 6. The first-order valence-electron chi connectivity index (χ1n) is 6.94. The predicted molar refractivity (Wildman–Crippen MR) is 87.9 cm³/mol. The van der Waals surface area contributed by atoms with E-state index in [0.717, 1.165) is 28.2 Å². The molecular weight excluding hydrogens is 334 g/mol. The highest BCUT2D eigenvalue weighted by Gasteiger charge is 2.15. The van der Waals surface area contributed by atoms with Crippen LogP contribution in [-0.4, -0.2) is 41.2 Å². The summed E-state index contributed by atoms with van der Waals surface area (Å²) in [6.07, 6.45) is 3.44. The van der Waals surface area contributed by atoms with Crippen LogP contribution in [0.4, 0.5) is 0 Å². The summed E-state index contributed by atoms with van der Waals surface area (Å²) in [5, 5.41) is 15.3. The molecule has 0 aliphatic rings. The number of thioether (sulfide) groups is 1. The maximum absolute atomic E-state index is 11.1. The van der Waals surface area contributed by atoms with Gasteiger partial charge in [0.05, 0.1) is 11.4 Å². The Bertz CT molecular complexity index is 751. The van der Waals surface area contributed by atoms with E-state index in [0.29, 0.717) is 6.54 Å². The zero-order chi connectivity index (χ0) is 16.1. The third kappa shape index (κ3) is 3.96. The van der Waals surface area contributed by atoms with E-state index < -0.39 is 0 Å². The molecular formula is C13H15N7OS2. The Morgan fingerprint density at radius 1 is 1.35 bits per heavy atom. The number of nitrogens with zero attached hydrogens (tertiary/aromatic N) is 6. The van der Waals surface area contributed by atoms with Crippen molar-refractivity contribution in [1.29, 1.82) is 0 Å². The topological polar surface area (TPSA) is 105 Å². The van der Waals surface area contributed by atoms with Crippen LogP contribution in [0, 0.1) is 0 Å². The van der Waals surface area contributed by atoms with Gasteiger partial charge < -0.3 is 10.3 Å². The molecule has 3 rings (SSSR count). The Morgan fingerprint density at radius 3 is 2.96 bits per heavy atom. The van der Waals surface area contributed by atoms with E-state index in [4.69, 9.17) is 5.73 Å². The van der Waals surface area contributed by atoms with Gasteiger partial charge in [0.2, 0.25) is 5.91 Å². The van der Waals surface area contributed by atoms with Crippen LogP contribution < -0.4 is 5.73 Å². The smallest absolute Gasteiger partial charge is 0.219 e. The average molecular weight is 349 g/mol. The number of hydrogen-bond acceptors (Lipinski definition) is 7. The van der Waals surface area contributed by atoms with E-state index >= 15 is 0 Å². The van der Waals surface area contributed by atoms with Crippen molar-refractivity contribution in [1.82, 2.24) is 29.5 Å². The molecule has 0 unspecified atom stereocenters. The van der Waals surface area contributed by atoms with Gasteiger partial charge in [-0.2, -0.15) is 5.10 Å². The lowest BCUT2D eigenvalue weighted by atomic mass is 10.4. The molecule has 120 valence electrons. The SMILES string of the molecule is NC(=O)CCn1c(SCCn2cncn2)nnc1-c1cccs1. The lowest BCUT2D eigenvalue weighted by Crippen LogP contribution is -2.15. The summed E-state index contributed by atoms with van der Waals surface area (Å²) < 4.78 is 3.71. The molecule has 3 aromatic heterocycles. The minimum Gasteiger partial charge on any atom is -0.370 e. The van der Waals surface area contributed by atoms with Crippen molar-refractivity contribution in [3.05, 3.63) is 30.2 Å². The second kappa shape index (κ2) is 7.38. The van der Waals surface area contributed by atoms with E-state index in [-0.39, 0.29) is 12.3 Å². The lowest BCUT2D eigenvalue weighted by molar-refractivity contribution is -0.118. The van der Waals surface area contributed by atoms with Crippen LogP contribution >= 0.6 is 23.1 Å². The van der Waals surface area contributed by atoms with Gasteiger partial charge in [0.15, 0.2) is 11.0 Å². The third-order valence-electron chi connectivity index (χ3n) is 3.06. The number of carbonyl (C=O) groups excluding carboxylic acids is 1. The second-order valence-electron chi connectivity index (χ2n) is 4.66. The van der Waals surface area contributed by atoms with Gasteiger partial charge in [-0.05, 0) is 11.4 Å². The molecule has 0 aliphatic carbocycles. The molecule has 0 saturated heterocycles. The highest BCUT2D eigenvalue weighted by Crippen LogP contribution is 2.27. The van der Waals surface area contributed by atoms with Crippen molar-refractivity contribution in [2.24, 2.45) is 5.73 Å². The molecule has 0 atom stereocenters. The van der Waals surface area contributed by atoms with Crippen molar-refractivity contribution >= 4 is 29.0 Å². The van der Waals surface area contributed by atoms with Crippen molar-refractivity contribution in [3.8, 4) is 10.7 Å². The van der Waals surface area contributed by atoms with Crippen LogP contribution in [0.15, 0.2) is 35.3 Å². The first-order valence-corrected chi connectivity index (χ1v) is 8.81. The van der Waals surface area contributed by atoms with E-state index in [2.05, 4.69) is 20.3 Å². The maximum Gasteiger partial charge on any atom is 0.219 e. The number of hydrogen-bond donors (Lipinski definition) is 1. The minimum atomic E-state index is -0.339. The van der Waals surface area contributed by atoms with E-state index in [1.165, 1.54) is 6.33 Å². The van der Waals surface area contributed by atoms with Crippen LogP contribution in [0.3, 0.4) is 0 Å². The molecule has 3 aromatic rings. The fraction of sp³-hybridized carbons (Fsp3) is 0.308. The molecule has 0 aliphatic heterocycles. The molecule has 3 heterocycles. The largest absolute Gasteiger partial charge is 0.370 e. The first kappa shape index (κ1) is 15.7. The van der Waals surface area contributed by atoms with E-state index in [1.54, 1.807) is 34.1 Å². The van der Waals surface area contributed by atoms with Gasteiger partial charge in [-0.15, -0.1) is 21.5 Å². The Kier molecular flexibility index (Phi) is 5.03. The van der Waals surface area contributed by atoms with Crippen LogP contribution in [0.2, 0.25) is 0 Å². The summed E-state index contributed by atoms with van der Waals surface area (Å²) in [5.74, 6) is 1.21. The fourth-order valence-corrected chi connectivity index (χ4v) is 3.60. The van der Waals surface area contributed by atoms with Crippen LogP contribution in [0.5, 0.6) is 0 Å². The molecule has 0 saturated carbocycles. The molecule has 0 aromatic carbocycles. The van der Waals surface area contributed by atoms with Gasteiger partial charge in [0.1, 0.15) is 12.7 Å². The average Bonchev–Trinajstić information content (AvgIpc) is 3.27. The van der Waals surface area contributed by atoms with Crippen molar-refractivity contribution in [2.45, 2.75) is 24.7 Å². The van der Waals surface area contributed by atoms with Crippen LogP contribution in [0.1, 0.15) is 6.42 Å². The minimum absolute atomic E-state index is 0.257. The highest BCUT2D eigenvalue weighted by molar-refractivity contribution is 7.99. The second-order valence-corrected chi connectivity index (χ2v) is 6.67. The summed E-state index contributed by atoms with van der Waals surface area (Å²) in [7, 11) is 0. The van der Waals surface area contributed by atoms with Gasteiger partial charge in [0, 0.05) is 18.7 Å². The van der Waals surface area contributed by atoms with E-state index in [9.17, 15) is 4.79 Å². The Hall–Kier alpha value is -2.20. The number of amides is 1. The number of nitrogens with two attached hydrogens (primary N) is 1. The van der Waals surface area contributed by atoms with E-state index in [1.807, 2.05) is 22.1 Å². The normalized spacial score (nSPS) is 11.0. The van der Waals surface area contributed by atoms with Crippen molar-refractivity contribution in [3.63, 3.8) is 0 Å². The lowest BCUT2D eigenvalue weighted by Gasteiger charge is -2.08. The first-order chi connectivity index (χ1) is 11.2. The van der Waals surface area contributed by atoms with Crippen molar-refractivity contribution in [2.75, 3.05) is 5.75 Å². The molecule has 0 radical (unpaired) electrons. The third-order valence-corrected chi connectivity index (χ3v) is 4.87. The zero-order valence-electron chi connectivity index (χ0n) is 12.2. The Labute approximate surface area is 140 Å². The van der Waals surface area contributed by atoms with Gasteiger partial charge in [-0.25, -0.2) is 4.98 Å². The molecule has 2 N–H and O–H groups in total. The van der Waals surface area contributed by atoms with Gasteiger partial charge in [-0.1, -0.05) is 17.8 Å². The summed E-state index contributed by atoms with van der Waals surface area (Å²) >= 11 is 3.16. The quantitative estimate of drug-likeness (QED) is 0.614. The standard InChI is InChI=1S/C13H15N7OS2/c14-11(21)3-4-20-12(10-2-1-6-22-10)17-18-13(20)23-7-5-19-9-15-8-16-19/h1-2,6,8-9H,3-5,7H2,(H2,14,21). The van der Waals surface area contributed by atoms with Gasteiger partial charge in [0.25, 0.3) is 0 Å². The molecule has 0 bridgehead atoms. The van der Waals surface area contributed by atoms with Gasteiger partial charge in [-0.3, -0.25) is 9.48 Å². The number of carbonyl (C=O) groups is 1. The number of primary amides is 1. The number of rotatable bonds is 8. The fourth-order valence-electron chi connectivity index (χ4n) is 1.99. The van der Waals surface area contributed by atoms with Crippen molar-refractivity contribution < 1.29 is 4.79 Å². The number of aryl methyl sites for hydroxylation is 1. The molecule has 10 heteroatoms.